The number of benzene rings is 1. The largest absolute Gasteiger partial charge is 0.323 e. The zero-order chi connectivity index (χ0) is 10.3. The van der Waals surface area contributed by atoms with Crippen LogP contribution in [0.4, 0.5) is 5.69 Å². The fourth-order valence-electron chi connectivity index (χ4n) is 1.70. The molecule has 74 valence electrons. The highest BCUT2D eigenvalue weighted by molar-refractivity contribution is 9.10. The molecule has 3 nitrogen and oxygen atoms in total. The number of carbonyl (C=O) groups excluding carboxylic acids is 1. The highest BCUT2D eigenvalue weighted by Gasteiger charge is 2.26. The van der Waals surface area contributed by atoms with Crippen LogP contribution in [0.5, 0.6) is 0 Å². The Morgan fingerprint density at radius 3 is 3.00 bits per heavy atom. The summed E-state index contributed by atoms with van der Waals surface area (Å²) in [5.74, 6) is 0.0762. The van der Waals surface area contributed by atoms with E-state index in [0.717, 1.165) is 15.7 Å². The molecule has 0 saturated heterocycles. The summed E-state index contributed by atoms with van der Waals surface area (Å²) >= 11 is 3.39. The molecule has 1 atom stereocenters. The van der Waals surface area contributed by atoms with Gasteiger partial charge in [0.1, 0.15) is 0 Å². The van der Waals surface area contributed by atoms with E-state index in [9.17, 15) is 4.79 Å². The molecule has 1 aliphatic rings. The molecule has 1 heterocycles. The topological polar surface area (TPSA) is 46.3 Å². The average Bonchev–Trinajstić information content (AvgIpc) is 2.14. The van der Waals surface area contributed by atoms with Gasteiger partial charge in [-0.3, -0.25) is 4.79 Å². The molecule has 1 aromatic carbocycles. The number of rotatable bonds is 0. The minimum Gasteiger partial charge on any atom is -0.323 e. The first-order chi connectivity index (χ1) is 6.59. The smallest absolute Gasteiger partial charge is 0.228 e. The van der Waals surface area contributed by atoms with E-state index in [0.29, 0.717) is 6.42 Å². The SMILES string of the molecule is CN1C(=O)CC(N)c2cc(Br)ccc21. The van der Waals surface area contributed by atoms with E-state index in [4.69, 9.17) is 5.73 Å². The Labute approximate surface area is 91.0 Å². The number of fused-ring (bicyclic) bond motifs is 1. The Balaban J connectivity index is 2.55. The fourth-order valence-corrected chi connectivity index (χ4v) is 2.08. The van der Waals surface area contributed by atoms with Gasteiger partial charge in [0.05, 0.1) is 0 Å². The third-order valence-corrected chi connectivity index (χ3v) is 3.01. The normalized spacial score (nSPS) is 20.9. The quantitative estimate of drug-likeness (QED) is 0.768. The first-order valence-corrected chi connectivity index (χ1v) is 5.20. The Morgan fingerprint density at radius 2 is 2.29 bits per heavy atom. The van der Waals surface area contributed by atoms with Crippen molar-refractivity contribution in [3.63, 3.8) is 0 Å². The minimum atomic E-state index is -0.175. The lowest BCUT2D eigenvalue weighted by atomic mass is 9.97. The molecular weight excluding hydrogens is 244 g/mol. The van der Waals surface area contributed by atoms with Gasteiger partial charge in [-0.05, 0) is 23.8 Å². The molecular formula is C10H11BrN2O. The molecule has 14 heavy (non-hydrogen) atoms. The van der Waals surface area contributed by atoms with Crippen LogP contribution in [0.25, 0.3) is 0 Å². The van der Waals surface area contributed by atoms with Crippen LogP contribution < -0.4 is 10.6 Å². The fraction of sp³-hybridized carbons (Fsp3) is 0.300. The van der Waals surface area contributed by atoms with E-state index < -0.39 is 0 Å². The summed E-state index contributed by atoms with van der Waals surface area (Å²) < 4.78 is 0.995. The third kappa shape index (κ3) is 1.44. The molecule has 1 aromatic rings. The highest BCUT2D eigenvalue weighted by Crippen LogP contribution is 2.33. The van der Waals surface area contributed by atoms with Gasteiger partial charge in [-0.2, -0.15) is 0 Å². The van der Waals surface area contributed by atoms with Gasteiger partial charge in [-0.15, -0.1) is 0 Å². The number of halogens is 1. The second-order valence-electron chi connectivity index (χ2n) is 3.47. The van der Waals surface area contributed by atoms with Crippen LogP contribution in [0.15, 0.2) is 22.7 Å². The van der Waals surface area contributed by atoms with E-state index >= 15 is 0 Å². The van der Waals surface area contributed by atoms with Crippen LogP contribution >= 0.6 is 15.9 Å². The highest BCUT2D eigenvalue weighted by atomic mass is 79.9. The second-order valence-corrected chi connectivity index (χ2v) is 4.38. The molecule has 1 aliphatic heterocycles. The van der Waals surface area contributed by atoms with Crippen molar-refractivity contribution in [2.45, 2.75) is 12.5 Å². The zero-order valence-corrected chi connectivity index (χ0v) is 9.41. The van der Waals surface area contributed by atoms with Crippen LogP contribution in [-0.4, -0.2) is 13.0 Å². The average molecular weight is 255 g/mol. The van der Waals surface area contributed by atoms with E-state index in [2.05, 4.69) is 15.9 Å². The summed E-state index contributed by atoms with van der Waals surface area (Å²) in [6.07, 6.45) is 0.389. The molecule has 4 heteroatoms. The maximum Gasteiger partial charge on any atom is 0.228 e. The molecule has 2 N–H and O–H groups in total. The second kappa shape index (κ2) is 3.37. The first kappa shape index (κ1) is 9.68. The van der Waals surface area contributed by atoms with Crippen molar-refractivity contribution < 1.29 is 4.79 Å². The van der Waals surface area contributed by atoms with E-state index in [-0.39, 0.29) is 11.9 Å². The summed E-state index contributed by atoms with van der Waals surface area (Å²) in [7, 11) is 1.78. The number of anilines is 1. The van der Waals surface area contributed by atoms with Crippen molar-refractivity contribution in [3.05, 3.63) is 28.2 Å². The Kier molecular flexibility index (Phi) is 2.33. The molecule has 0 aromatic heterocycles. The summed E-state index contributed by atoms with van der Waals surface area (Å²) in [6, 6.07) is 5.63. The lowest BCUT2D eigenvalue weighted by molar-refractivity contribution is -0.119. The van der Waals surface area contributed by atoms with Crippen molar-refractivity contribution in [2.75, 3.05) is 11.9 Å². The van der Waals surface area contributed by atoms with E-state index in [1.165, 1.54) is 0 Å². The number of nitrogens with zero attached hydrogens (tertiary/aromatic N) is 1. The maximum absolute atomic E-state index is 11.5. The lowest BCUT2D eigenvalue weighted by Gasteiger charge is -2.29. The van der Waals surface area contributed by atoms with Crippen molar-refractivity contribution in [2.24, 2.45) is 5.73 Å². The van der Waals surface area contributed by atoms with Gasteiger partial charge in [-0.25, -0.2) is 0 Å². The maximum atomic E-state index is 11.5. The number of hydrogen-bond donors (Lipinski definition) is 1. The minimum absolute atomic E-state index is 0.0762. The van der Waals surface area contributed by atoms with Gasteiger partial charge in [-0.1, -0.05) is 15.9 Å². The summed E-state index contributed by atoms with van der Waals surface area (Å²) in [4.78, 5) is 13.1. The molecule has 1 unspecified atom stereocenters. The molecule has 1 amide bonds. The molecule has 0 aliphatic carbocycles. The number of hydrogen-bond acceptors (Lipinski definition) is 2. The van der Waals surface area contributed by atoms with Crippen LogP contribution in [0.3, 0.4) is 0 Å². The molecule has 0 saturated carbocycles. The predicted octanol–water partition coefficient (Wildman–Crippen LogP) is 1.82. The Bertz CT molecular complexity index is 392. The monoisotopic (exact) mass is 254 g/mol. The van der Waals surface area contributed by atoms with Crippen molar-refractivity contribution in [3.8, 4) is 0 Å². The van der Waals surface area contributed by atoms with Crippen LogP contribution in [0, 0.1) is 0 Å². The molecule has 0 fully saturated rings. The Hall–Kier alpha value is -0.870. The van der Waals surface area contributed by atoms with Gasteiger partial charge in [0.2, 0.25) is 5.91 Å². The van der Waals surface area contributed by atoms with E-state index in [1.807, 2.05) is 18.2 Å². The molecule has 0 radical (unpaired) electrons. The van der Waals surface area contributed by atoms with Crippen LogP contribution in [-0.2, 0) is 4.79 Å². The number of amides is 1. The molecule has 0 bridgehead atoms. The van der Waals surface area contributed by atoms with Crippen LogP contribution in [0.1, 0.15) is 18.0 Å². The van der Waals surface area contributed by atoms with Gasteiger partial charge in [0, 0.05) is 29.7 Å². The lowest BCUT2D eigenvalue weighted by Crippen LogP contribution is -2.35. The van der Waals surface area contributed by atoms with Crippen molar-refractivity contribution in [1.82, 2.24) is 0 Å². The zero-order valence-electron chi connectivity index (χ0n) is 7.83. The standard InChI is InChI=1S/C10H11BrN2O/c1-13-9-3-2-6(11)4-7(9)8(12)5-10(13)14/h2-4,8H,5,12H2,1H3. The summed E-state index contributed by atoms with van der Waals surface area (Å²) in [5.41, 5.74) is 7.84. The van der Waals surface area contributed by atoms with Gasteiger partial charge in [0.15, 0.2) is 0 Å². The van der Waals surface area contributed by atoms with Crippen molar-refractivity contribution >= 4 is 27.5 Å². The predicted molar refractivity (Wildman–Crippen MR) is 59.1 cm³/mol. The molecule has 0 spiro atoms. The van der Waals surface area contributed by atoms with Gasteiger partial charge in [0.25, 0.3) is 0 Å². The van der Waals surface area contributed by atoms with E-state index in [1.54, 1.807) is 11.9 Å². The van der Waals surface area contributed by atoms with Gasteiger partial charge < -0.3 is 10.6 Å². The number of nitrogens with two attached hydrogens (primary N) is 1. The summed E-state index contributed by atoms with van der Waals surface area (Å²) in [6.45, 7) is 0. The van der Waals surface area contributed by atoms with Gasteiger partial charge >= 0.3 is 0 Å². The Morgan fingerprint density at radius 1 is 1.57 bits per heavy atom. The first-order valence-electron chi connectivity index (χ1n) is 4.41. The van der Waals surface area contributed by atoms with Crippen LogP contribution in [0.2, 0.25) is 0 Å². The van der Waals surface area contributed by atoms with Crippen molar-refractivity contribution in [1.29, 1.82) is 0 Å². The third-order valence-electron chi connectivity index (χ3n) is 2.52. The molecule has 2 rings (SSSR count). The summed E-state index contributed by atoms with van der Waals surface area (Å²) in [5, 5.41) is 0. The number of carbonyl (C=O) groups is 1.